The zero-order valence-electron chi connectivity index (χ0n) is 13.5. The number of piperazine rings is 1. The van der Waals surface area contributed by atoms with Crippen molar-refractivity contribution in [1.29, 1.82) is 0 Å². The summed E-state index contributed by atoms with van der Waals surface area (Å²) in [7, 11) is 2.25. The Morgan fingerprint density at radius 1 is 1.17 bits per heavy atom. The molecule has 3 atom stereocenters. The van der Waals surface area contributed by atoms with Crippen LogP contribution < -0.4 is 5.32 Å². The lowest BCUT2D eigenvalue weighted by molar-refractivity contribution is 0.0357. The lowest BCUT2D eigenvalue weighted by Gasteiger charge is -2.45. The molecule has 3 nitrogen and oxygen atoms in total. The minimum absolute atomic E-state index is 0.239. The molecule has 0 aromatic rings. The number of rotatable bonds is 4. The molecule has 0 radical (unpaired) electrons. The summed E-state index contributed by atoms with van der Waals surface area (Å²) in [5.41, 5.74) is 0.239. The van der Waals surface area contributed by atoms with Gasteiger partial charge in [-0.2, -0.15) is 0 Å². The molecule has 1 rings (SSSR count). The minimum Gasteiger partial charge on any atom is -0.312 e. The lowest BCUT2D eigenvalue weighted by Crippen LogP contribution is -2.57. The molecule has 1 saturated heterocycles. The van der Waals surface area contributed by atoms with E-state index in [1.165, 1.54) is 19.5 Å². The van der Waals surface area contributed by atoms with E-state index in [0.29, 0.717) is 18.1 Å². The van der Waals surface area contributed by atoms with Gasteiger partial charge in [0, 0.05) is 36.8 Å². The summed E-state index contributed by atoms with van der Waals surface area (Å²) in [5, 5.41) is 3.59. The van der Waals surface area contributed by atoms with Crippen LogP contribution >= 0.6 is 0 Å². The molecule has 0 spiro atoms. The van der Waals surface area contributed by atoms with Crippen LogP contribution in [0.25, 0.3) is 0 Å². The lowest BCUT2D eigenvalue weighted by atomic mass is 10.0. The van der Waals surface area contributed by atoms with Crippen LogP contribution in [0.3, 0.4) is 0 Å². The molecule has 18 heavy (non-hydrogen) atoms. The second kappa shape index (κ2) is 6.36. The van der Waals surface area contributed by atoms with Crippen molar-refractivity contribution in [2.24, 2.45) is 0 Å². The van der Waals surface area contributed by atoms with Crippen LogP contribution in [0.4, 0.5) is 0 Å². The Balaban J connectivity index is 2.36. The normalized spacial score (nSPS) is 29.5. The number of hydrogen-bond donors (Lipinski definition) is 1. The largest absolute Gasteiger partial charge is 0.312 e. The van der Waals surface area contributed by atoms with Gasteiger partial charge in [0.1, 0.15) is 0 Å². The number of nitrogens with zero attached hydrogens (tertiary/aromatic N) is 2. The Hall–Kier alpha value is -0.120. The molecule has 0 amide bonds. The first-order valence-electron chi connectivity index (χ1n) is 7.41. The maximum atomic E-state index is 3.59. The SMILES string of the molecule is CC(CCNC(C)(C)C)N1CC(C)N(C)C(C)C1. The average Bonchev–Trinajstić information content (AvgIpc) is 2.23. The molecule has 3 unspecified atom stereocenters. The molecular formula is C15H33N3. The molecule has 0 aromatic carbocycles. The molecule has 3 heteroatoms. The van der Waals surface area contributed by atoms with Crippen molar-refractivity contribution < 1.29 is 0 Å². The highest BCUT2D eigenvalue weighted by atomic mass is 15.3. The van der Waals surface area contributed by atoms with Gasteiger partial charge < -0.3 is 5.32 Å². The van der Waals surface area contributed by atoms with E-state index in [2.05, 4.69) is 63.7 Å². The molecule has 1 fully saturated rings. The van der Waals surface area contributed by atoms with E-state index in [9.17, 15) is 0 Å². The van der Waals surface area contributed by atoms with Gasteiger partial charge in [-0.15, -0.1) is 0 Å². The van der Waals surface area contributed by atoms with E-state index < -0.39 is 0 Å². The molecular weight excluding hydrogens is 222 g/mol. The Morgan fingerprint density at radius 2 is 1.67 bits per heavy atom. The first-order chi connectivity index (χ1) is 8.20. The van der Waals surface area contributed by atoms with E-state index >= 15 is 0 Å². The van der Waals surface area contributed by atoms with E-state index in [-0.39, 0.29) is 5.54 Å². The van der Waals surface area contributed by atoms with Crippen LogP contribution in [-0.4, -0.2) is 60.1 Å². The third kappa shape index (κ3) is 4.87. The Morgan fingerprint density at radius 3 is 2.11 bits per heavy atom. The Labute approximate surface area is 114 Å². The molecule has 1 heterocycles. The van der Waals surface area contributed by atoms with Gasteiger partial charge >= 0.3 is 0 Å². The second-order valence-corrected chi connectivity index (χ2v) is 7.13. The zero-order valence-corrected chi connectivity index (χ0v) is 13.5. The van der Waals surface area contributed by atoms with Crippen LogP contribution in [0.15, 0.2) is 0 Å². The highest BCUT2D eigenvalue weighted by molar-refractivity contribution is 4.85. The van der Waals surface area contributed by atoms with Crippen LogP contribution in [-0.2, 0) is 0 Å². The summed E-state index contributed by atoms with van der Waals surface area (Å²) < 4.78 is 0. The summed E-state index contributed by atoms with van der Waals surface area (Å²) in [6.07, 6.45) is 1.24. The van der Waals surface area contributed by atoms with Crippen molar-refractivity contribution in [3.63, 3.8) is 0 Å². The predicted molar refractivity (Wildman–Crippen MR) is 80.1 cm³/mol. The van der Waals surface area contributed by atoms with Gasteiger partial charge in [0.2, 0.25) is 0 Å². The fraction of sp³-hybridized carbons (Fsp3) is 1.00. The molecule has 0 saturated carbocycles. The second-order valence-electron chi connectivity index (χ2n) is 7.13. The van der Waals surface area contributed by atoms with E-state index in [1.54, 1.807) is 0 Å². The van der Waals surface area contributed by atoms with Gasteiger partial charge in [-0.25, -0.2) is 0 Å². The van der Waals surface area contributed by atoms with E-state index in [4.69, 9.17) is 0 Å². The summed E-state index contributed by atoms with van der Waals surface area (Å²) in [4.78, 5) is 5.15. The number of likely N-dealkylation sites (N-methyl/N-ethyl adjacent to an activating group) is 1. The third-order valence-electron chi connectivity index (χ3n) is 4.23. The minimum atomic E-state index is 0.239. The van der Waals surface area contributed by atoms with Gasteiger partial charge in [-0.05, 0) is 61.6 Å². The smallest absolute Gasteiger partial charge is 0.0195 e. The van der Waals surface area contributed by atoms with Crippen molar-refractivity contribution in [2.75, 3.05) is 26.7 Å². The van der Waals surface area contributed by atoms with Crippen molar-refractivity contribution in [3.05, 3.63) is 0 Å². The summed E-state index contributed by atoms with van der Waals surface area (Å²) in [6.45, 7) is 17.3. The summed E-state index contributed by atoms with van der Waals surface area (Å²) in [6, 6.07) is 2.03. The highest BCUT2D eigenvalue weighted by Gasteiger charge is 2.28. The van der Waals surface area contributed by atoms with Crippen molar-refractivity contribution in [2.45, 2.75) is 71.6 Å². The first kappa shape index (κ1) is 15.9. The van der Waals surface area contributed by atoms with E-state index in [0.717, 1.165) is 6.54 Å². The molecule has 0 bridgehead atoms. The van der Waals surface area contributed by atoms with Crippen molar-refractivity contribution in [1.82, 2.24) is 15.1 Å². The van der Waals surface area contributed by atoms with Gasteiger partial charge in [-0.1, -0.05) is 0 Å². The van der Waals surface area contributed by atoms with Crippen LogP contribution in [0, 0.1) is 0 Å². The van der Waals surface area contributed by atoms with Gasteiger partial charge in [0.25, 0.3) is 0 Å². The number of nitrogens with one attached hydrogen (secondary N) is 1. The molecule has 0 aromatic heterocycles. The first-order valence-corrected chi connectivity index (χ1v) is 7.41. The standard InChI is InChI=1S/C15H33N3/c1-12(8-9-16-15(4,5)6)18-10-13(2)17(7)14(3)11-18/h12-14,16H,8-11H2,1-7H3. The average molecular weight is 255 g/mol. The maximum absolute atomic E-state index is 3.59. The zero-order chi connectivity index (χ0) is 13.9. The highest BCUT2D eigenvalue weighted by Crippen LogP contribution is 2.17. The van der Waals surface area contributed by atoms with Gasteiger partial charge in [0.05, 0.1) is 0 Å². The molecule has 1 aliphatic heterocycles. The van der Waals surface area contributed by atoms with Gasteiger partial charge in [0.15, 0.2) is 0 Å². The number of hydrogen-bond acceptors (Lipinski definition) is 3. The van der Waals surface area contributed by atoms with Crippen molar-refractivity contribution >= 4 is 0 Å². The molecule has 108 valence electrons. The van der Waals surface area contributed by atoms with Gasteiger partial charge in [-0.3, -0.25) is 9.80 Å². The molecule has 1 N–H and O–H groups in total. The predicted octanol–water partition coefficient (Wildman–Crippen LogP) is 2.18. The quantitative estimate of drug-likeness (QED) is 0.831. The van der Waals surface area contributed by atoms with Crippen LogP contribution in [0.2, 0.25) is 0 Å². The van der Waals surface area contributed by atoms with Crippen LogP contribution in [0.5, 0.6) is 0 Å². The van der Waals surface area contributed by atoms with Crippen LogP contribution in [0.1, 0.15) is 48.0 Å². The summed E-state index contributed by atoms with van der Waals surface area (Å²) >= 11 is 0. The molecule has 0 aliphatic carbocycles. The topological polar surface area (TPSA) is 18.5 Å². The van der Waals surface area contributed by atoms with E-state index in [1.807, 2.05) is 0 Å². The fourth-order valence-corrected chi connectivity index (χ4v) is 2.64. The Kier molecular flexibility index (Phi) is 5.63. The fourth-order valence-electron chi connectivity index (χ4n) is 2.64. The maximum Gasteiger partial charge on any atom is 0.0195 e. The third-order valence-corrected chi connectivity index (χ3v) is 4.23. The Bertz CT molecular complexity index is 235. The molecule has 1 aliphatic rings. The monoisotopic (exact) mass is 255 g/mol. The summed E-state index contributed by atoms with van der Waals surface area (Å²) in [5.74, 6) is 0. The van der Waals surface area contributed by atoms with Crippen molar-refractivity contribution in [3.8, 4) is 0 Å².